The van der Waals surface area contributed by atoms with Gasteiger partial charge in [0.25, 0.3) is 0 Å². The minimum Gasteiger partial charge on any atom is -0.467 e. The average molecular weight is 212 g/mol. The quantitative estimate of drug-likeness (QED) is 0.695. The lowest BCUT2D eigenvalue weighted by Gasteiger charge is -2.24. The van der Waals surface area contributed by atoms with Crippen LogP contribution in [0.3, 0.4) is 0 Å². The summed E-state index contributed by atoms with van der Waals surface area (Å²) in [4.78, 5) is 10.8. The first-order chi connectivity index (χ1) is 5.75. The summed E-state index contributed by atoms with van der Waals surface area (Å²) >= 11 is 0. The molecular weight excluding hydrogens is 197 g/mol. The lowest BCUT2D eigenvalue weighted by atomic mass is 10.0. The van der Waals surface area contributed by atoms with Crippen LogP contribution in [0.4, 0.5) is 4.39 Å². The van der Waals surface area contributed by atoms with E-state index in [4.69, 9.17) is 0 Å². The van der Waals surface area contributed by atoms with Gasteiger partial charge in [-0.3, -0.25) is 0 Å². The molecule has 0 bridgehead atoms. The monoisotopic (exact) mass is 211 g/mol. The second kappa shape index (κ2) is 6.16. The topological polar surface area (TPSA) is 38.3 Å². The first-order valence-electron chi connectivity index (χ1n) is 4.21. The van der Waals surface area contributed by atoms with Gasteiger partial charge in [-0.1, -0.05) is 6.42 Å². The van der Waals surface area contributed by atoms with Crippen LogP contribution in [-0.4, -0.2) is 31.8 Å². The van der Waals surface area contributed by atoms with E-state index in [9.17, 15) is 9.18 Å². The SMILES string of the molecule is COC(=O)C(F)C1CCCCN1.Cl. The first-order valence-corrected chi connectivity index (χ1v) is 4.21. The molecule has 0 aromatic carbocycles. The summed E-state index contributed by atoms with van der Waals surface area (Å²) in [7, 11) is 1.21. The molecular formula is C8H15ClFNO2. The van der Waals surface area contributed by atoms with E-state index < -0.39 is 12.1 Å². The largest absolute Gasteiger partial charge is 0.467 e. The molecule has 0 saturated carbocycles. The molecule has 0 amide bonds. The normalized spacial score (nSPS) is 24.3. The van der Waals surface area contributed by atoms with Gasteiger partial charge in [0.1, 0.15) is 0 Å². The predicted octanol–water partition coefficient (Wildman–Crippen LogP) is 1.06. The Morgan fingerprint density at radius 1 is 1.62 bits per heavy atom. The van der Waals surface area contributed by atoms with E-state index in [-0.39, 0.29) is 18.4 Å². The molecule has 1 fully saturated rings. The van der Waals surface area contributed by atoms with Gasteiger partial charge in [0.05, 0.1) is 7.11 Å². The highest BCUT2D eigenvalue weighted by Gasteiger charge is 2.29. The van der Waals surface area contributed by atoms with Gasteiger partial charge in [-0.2, -0.15) is 0 Å². The fourth-order valence-corrected chi connectivity index (χ4v) is 1.41. The van der Waals surface area contributed by atoms with Crippen molar-refractivity contribution in [1.82, 2.24) is 5.32 Å². The Morgan fingerprint density at radius 2 is 2.31 bits per heavy atom. The number of hydrogen-bond acceptors (Lipinski definition) is 3. The van der Waals surface area contributed by atoms with Crippen LogP contribution >= 0.6 is 12.4 Å². The molecule has 0 aromatic rings. The zero-order valence-electron chi connectivity index (χ0n) is 7.59. The fraction of sp³-hybridized carbons (Fsp3) is 0.875. The number of carbonyl (C=O) groups is 1. The van der Waals surface area contributed by atoms with Crippen molar-refractivity contribution in [1.29, 1.82) is 0 Å². The van der Waals surface area contributed by atoms with Gasteiger partial charge in [0.2, 0.25) is 6.17 Å². The van der Waals surface area contributed by atoms with Gasteiger partial charge >= 0.3 is 5.97 Å². The first kappa shape index (κ1) is 12.7. The third-order valence-corrected chi connectivity index (χ3v) is 2.13. The summed E-state index contributed by atoms with van der Waals surface area (Å²) in [6.45, 7) is 0.794. The molecule has 13 heavy (non-hydrogen) atoms. The van der Waals surface area contributed by atoms with Crippen molar-refractivity contribution in [3.8, 4) is 0 Å². The molecule has 0 radical (unpaired) electrons. The maximum atomic E-state index is 13.1. The minimum absolute atomic E-state index is 0. The summed E-state index contributed by atoms with van der Waals surface area (Å²) < 4.78 is 17.5. The van der Waals surface area contributed by atoms with Crippen molar-refractivity contribution in [3.63, 3.8) is 0 Å². The van der Waals surface area contributed by atoms with Crippen LogP contribution < -0.4 is 5.32 Å². The van der Waals surface area contributed by atoms with Crippen molar-refractivity contribution in [2.24, 2.45) is 0 Å². The van der Waals surface area contributed by atoms with Crippen molar-refractivity contribution < 1.29 is 13.9 Å². The number of ether oxygens (including phenoxy) is 1. The lowest BCUT2D eigenvalue weighted by molar-refractivity contribution is -0.147. The fourth-order valence-electron chi connectivity index (χ4n) is 1.41. The van der Waals surface area contributed by atoms with Gasteiger partial charge in [-0.25, -0.2) is 9.18 Å². The molecule has 0 spiro atoms. The van der Waals surface area contributed by atoms with Crippen molar-refractivity contribution in [2.45, 2.75) is 31.5 Å². The molecule has 2 unspecified atom stereocenters. The Bertz CT molecular complexity index is 162. The van der Waals surface area contributed by atoms with Crippen LogP contribution in [0.2, 0.25) is 0 Å². The van der Waals surface area contributed by atoms with Gasteiger partial charge in [0, 0.05) is 6.04 Å². The van der Waals surface area contributed by atoms with Gasteiger partial charge in [-0.15, -0.1) is 12.4 Å². The number of halogens is 2. The molecule has 0 aliphatic carbocycles. The second-order valence-electron chi connectivity index (χ2n) is 2.98. The third kappa shape index (κ3) is 3.48. The molecule has 1 rings (SSSR count). The molecule has 2 atom stereocenters. The lowest BCUT2D eigenvalue weighted by Crippen LogP contribution is -2.45. The van der Waals surface area contributed by atoms with Crippen LogP contribution in [0.1, 0.15) is 19.3 Å². The molecule has 1 aliphatic heterocycles. The number of alkyl halides is 1. The predicted molar refractivity (Wildman–Crippen MR) is 49.8 cm³/mol. The molecule has 1 aliphatic rings. The maximum Gasteiger partial charge on any atom is 0.342 e. The number of rotatable bonds is 2. The Kier molecular flexibility index (Phi) is 5.99. The highest BCUT2D eigenvalue weighted by Crippen LogP contribution is 2.13. The van der Waals surface area contributed by atoms with E-state index in [2.05, 4.69) is 10.1 Å². The van der Waals surface area contributed by atoms with E-state index in [1.807, 2.05) is 0 Å². The van der Waals surface area contributed by atoms with Crippen molar-refractivity contribution in [2.75, 3.05) is 13.7 Å². The zero-order valence-corrected chi connectivity index (χ0v) is 8.40. The van der Waals surface area contributed by atoms with E-state index in [1.54, 1.807) is 0 Å². The Balaban J connectivity index is 0.00000144. The van der Waals surface area contributed by atoms with Gasteiger partial charge in [0.15, 0.2) is 0 Å². The average Bonchev–Trinajstić information content (AvgIpc) is 2.17. The van der Waals surface area contributed by atoms with Crippen molar-refractivity contribution >= 4 is 18.4 Å². The van der Waals surface area contributed by atoms with Crippen molar-refractivity contribution in [3.05, 3.63) is 0 Å². The summed E-state index contributed by atoms with van der Waals surface area (Å²) in [6, 6.07) is -0.341. The van der Waals surface area contributed by atoms with Gasteiger partial charge in [-0.05, 0) is 19.4 Å². The van der Waals surface area contributed by atoms with Crippen LogP contribution in [0.15, 0.2) is 0 Å². The Labute approximate surface area is 83.4 Å². The molecule has 0 aromatic heterocycles. The number of esters is 1. The summed E-state index contributed by atoms with van der Waals surface area (Å²) in [6.07, 6.45) is 1.26. The minimum atomic E-state index is -1.50. The third-order valence-electron chi connectivity index (χ3n) is 2.13. The standard InChI is InChI=1S/C8H14FNO2.ClH/c1-12-8(11)7(9)6-4-2-3-5-10-6;/h6-7,10H,2-5H2,1H3;1H. The van der Waals surface area contributed by atoms with E-state index in [1.165, 1.54) is 7.11 Å². The van der Waals surface area contributed by atoms with Crippen LogP contribution in [-0.2, 0) is 9.53 Å². The number of nitrogens with one attached hydrogen (secondary N) is 1. The smallest absolute Gasteiger partial charge is 0.342 e. The van der Waals surface area contributed by atoms with Gasteiger partial charge < -0.3 is 10.1 Å². The van der Waals surface area contributed by atoms with E-state index in [0.717, 1.165) is 25.8 Å². The molecule has 1 saturated heterocycles. The molecule has 1 heterocycles. The van der Waals surface area contributed by atoms with E-state index in [0.29, 0.717) is 0 Å². The summed E-state index contributed by atoms with van der Waals surface area (Å²) in [5.41, 5.74) is 0. The number of carbonyl (C=O) groups excluding carboxylic acids is 1. The number of methoxy groups -OCH3 is 1. The Hall–Kier alpha value is -0.350. The van der Waals surface area contributed by atoms with E-state index >= 15 is 0 Å². The van der Waals surface area contributed by atoms with Crippen LogP contribution in [0, 0.1) is 0 Å². The maximum absolute atomic E-state index is 13.1. The van der Waals surface area contributed by atoms with Crippen LogP contribution in [0.5, 0.6) is 0 Å². The summed E-state index contributed by atoms with van der Waals surface area (Å²) in [5.74, 6) is -0.769. The summed E-state index contributed by atoms with van der Waals surface area (Å²) in [5, 5.41) is 2.96. The highest BCUT2D eigenvalue weighted by molar-refractivity contribution is 5.85. The van der Waals surface area contributed by atoms with Crippen LogP contribution in [0.25, 0.3) is 0 Å². The molecule has 3 nitrogen and oxygen atoms in total. The molecule has 1 N–H and O–H groups in total. The number of hydrogen-bond donors (Lipinski definition) is 1. The highest BCUT2D eigenvalue weighted by atomic mass is 35.5. The second-order valence-corrected chi connectivity index (χ2v) is 2.98. The molecule has 78 valence electrons. The number of piperidine rings is 1. The Morgan fingerprint density at radius 3 is 2.77 bits per heavy atom. The zero-order chi connectivity index (χ0) is 8.97. The molecule has 5 heteroatoms.